The maximum absolute atomic E-state index is 5.81. The Labute approximate surface area is 90.6 Å². The molecule has 0 unspecified atom stereocenters. The van der Waals surface area contributed by atoms with Crippen molar-refractivity contribution < 1.29 is 0 Å². The second kappa shape index (κ2) is 3.77. The molecule has 2 aromatic carbocycles. The summed E-state index contributed by atoms with van der Waals surface area (Å²) < 4.78 is 0. The van der Waals surface area contributed by atoms with Gasteiger partial charge in [0, 0.05) is 5.69 Å². The Balaban J connectivity index is 2.64. The van der Waals surface area contributed by atoms with Gasteiger partial charge in [-0.15, -0.1) is 0 Å². The summed E-state index contributed by atoms with van der Waals surface area (Å²) in [4.78, 5) is 0. The molecule has 0 saturated carbocycles. The van der Waals surface area contributed by atoms with Crippen molar-refractivity contribution in [2.24, 2.45) is 0 Å². The molecule has 2 aromatic rings. The molecule has 0 aliphatic heterocycles. The lowest BCUT2D eigenvalue weighted by Gasteiger charge is -2.11. The van der Waals surface area contributed by atoms with E-state index in [0.29, 0.717) is 0 Å². The molecule has 0 atom stereocenters. The van der Waals surface area contributed by atoms with Crippen LogP contribution in [0, 0.1) is 13.8 Å². The number of nitrogen functional groups attached to an aromatic ring is 1. The Kier molecular flexibility index (Phi) is 2.46. The molecule has 0 radical (unpaired) electrons. The summed E-state index contributed by atoms with van der Waals surface area (Å²) in [6, 6.07) is 14.5. The van der Waals surface area contributed by atoms with Crippen molar-refractivity contribution in [2.75, 3.05) is 5.73 Å². The van der Waals surface area contributed by atoms with E-state index < -0.39 is 0 Å². The van der Waals surface area contributed by atoms with Gasteiger partial charge in [-0.1, -0.05) is 30.3 Å². The summed E-state index contributed by atoms with van der Waals surface area (Å²) in [5.74, 6) is 0. The third kappa shape index (κ3) is 1.86. The highest BCUT2D eigenvalue weighted by Crippen LogP contribution is 2.28. The molecule has 0 heterocycles. The normalized spacial score (nSPS) is 10.3. The number of aryl methyl sites for hydroxylation is 2. The quantitative estimate of drug-likeness (QED) is 0.695. The van der Waals surface area contributed by atoms with Crippen LogP contribution in [-0.4, -0.2) is 0 Å². The lowest BCUT2D eigenvalue weighted by Crippen LogP contribution is -1.92. The van der Waals surface area contributed by atoms with E-state index >= 15 is 0 Å². The van der Waals surface area contributed by atoms with Crippen LogP contribution in [0.3, 0.4) is 0 Å². The number of hydrogen-bond acceptors (Lipinski definition) is 1. The Hall–Kier alpha value is -1.76. The van der Waals surface area contributed by atoms with E-state index in [0.717, 1.165) is 5.69 Å². The summed E-state index contributed by atoms with van der Waals surface area (Å²) in [5, 5.41) is 0. The Bertz CT molecular complexity index is 449. The first-order chi connectivity index (χ1) is 7.18. The van der Waals surface area contributed by atoms with Crippen LogP contribution < -0.4 is 5.73 Å². The minimum Gasteiger partial charge on any atom is -0.399 e. The summed E-state index contributed by atoms with van der Waals surface area (Å²) in [5.41, 5.74) is 11.7. The topological polar surface area (TPSA) is 26.0 Å². The van der Waals surface area contributed by atoms with E-state index in [2.05, 4.69) is 38.1 Å². The van der Waals surface area contributed by atoms with Crippen LogP contribution in [0.4, 0.5) is 5.69 Å². The third-order valence-electron chi connectivity index (χ3n) is 2.62. The predicted octanol–water partition coefficient (Wildman–Crippen LogP) is 3.55. The van der Waals surface area contributed by atoms with Crippen LogP contribution >= 0.6 is 0 Å². The summed E-state index contributed by atoms with van der Waals surface area (Å²) in [6.07, 6.45) is 0. The fourth-order valence-corrected chi connectivity index (χ4v) is 2.06. The van der Waals surface area contributed by atoms with Gasteiger partial charge in [-0.3, -0.25) is 0 Å². The largest absolute Gasteiger partial charge is 0.399 e. The molecular formula is C14H15N. The number of rotatable bonds is 1. The van der Waals surface area contributed by atoms with E-state index in [1.54, 1.807) is 0 Å². The van der Waals surface area contributed by atoms with Gasteiger partial charge in [0.15, 0.2) is 0 Å². The van der Waals surface area contributed by atoms with E-state index in [-0.39, 0.29) is 0 Å². The molecule has 2 N–H and O–H groups in total. The SMILES string of the molecule is Cc1cc(N)cc(C)c1-c1ccccc1. The van der Waals surface area contributed by atoms with Gasteiger partial charge in [-0.2, -0.15) is 0 Å². The third-order valence-corrected chi connectivity index (χ3v) is 2.62. The van der Waals surface area contributed by atoms with Crippen molar-refractivity contribution in [1.29, 1.82) is 0 Å². The van der Waals surface area contributed by atoms with Gasteiger partial charge in [-0.05, 0) is 48.2 Å². The summed E-state index contributed by atoms with van der Waals surface area (Å²) >= 11 is 0. The van der Waals surface area contributed by atoms with Crippen molar-refractivity contribution >= 4 is 5.69 Å². The number of hydrogen-bond donors (Lipinski definition) is 1. The molecule has 0 spiro atoms. The standard InChI is InChI=1S/C14H15N/c1-10-8-13(15)9-11(2)14(10)12-6-4-3-5-7-12/h3-9H,15H2,1-2H3. The van der Waals surface area contributed by atoms with E-state index in [1.165, 1.54) is 22.3 Å². The van der Waals surface area contributed by atoms with Crippen LogP contribution in [0.1, 0.15) is 11.1 Å². The van der Waals surface area contributed by atoms with Gasteiger partial charge in [0.2, 0.25) is 0 Å². The summed E-state index contributed by atoms with van der Waals surface area (Å²) in [7, 11) is 0. The van der Waals surface area contributed by atoms with Crippen LogP contribution in [0.25, 0.3) is 11.1 Å². The zero-order valence-corrected chi connectivity index (χ0v) is 9.12. The molecule has 0 aliphatic carbocycles. The van der Waals surface area contributed by atoms with Crippen molar-refractivity contribution in [3.05, 3.63) is 53.6 Å². The lowest BCUT2D eigenvalue weighted by molar-refractivity contribution is 1.38. The first-order valence-electron chi connectivity index (χ1n) is 5.10. The molecule has 76 valence electrons. The maximum atomic E-state index is 5.81. The molecule has 1 heteroatoms. The second-order valence-electron chi connectivity index (χ2n) is 3.90. The first-order valence-corrected chi connectivity index (χ1v) is 5.10. The smallest absolute Gasteiger partial charge is 0.0319 e. The van der Waals surface area contributed by atoms with Crippen molar-refractivity contribution in [3.63, 3.8) is 0 Å². The highest BCUT2D eigenvalue weighted by Gasteiger charge is 2.05. The number of benzene rings is 2. The van der Waals surface area contributed by atoms with Gasteiger partial charge in [-0.25, -0.2) is 0 Å². The minimum atomic E-state index is 0.838. The minimum absolute atomic E-state index is 0.838. The summed E-state index contributed by atoms with van der Waals surface area (Å²) in [6.45, 7) is 4.21. The molecule has 0 aromatic heterocycles. The zero-order chi connectivity index (χ0) is 10.8. The monoisotopic (exact) mass is 197 g/mol. The van der Waals surface area contributed by atoms with Crippen molar-refractivity contribution in [3.8, 4) is 11.1 Å². The van der Waals surface area contributed by atoms with Crippen molar-refractivity contribution in [1.82, 2.24) is 0 Å². The zero-order valence-electron chi connectivity index (χ0n) is 9.12. The molecule has 0 bridgehead atoms. The van der Waals surface area contributed by atoms with Crippen LogP contribution in [-0.2, 0) is 0 Å². The molecule has 1 nitrogen and oxygen atoms in total. The molecule has 0 fully saturated rings. The molecule has 0 saturated heterocycles. The van der Waals surface area contributed by atoms with Gasteiger partial charge >= 0.3 is 0 Å². The van der Waals surface area contributed by atoms with Crippen LogP contribution in [0.15, 0.2) is 42.5 Å². The Morgan fingerprint density at radius 1 is 0.867 bits per heavy atom. The Morgan fingerprint density at radius 2 is 1.40 bits per heavy atom. The fraction of sp³-hybridized carbons (Fsp3) is 0.143. The molecule has 15 heavy (non-hydrogen) atoms. The van der Waals surface area contributed by atoms with Crippen LogP contribution in [0.2, 0.25) is 0 Å². The molecule has 0 aliphatic rings. The lowest BCUT2D eigenvalue weighted by atomic mass is 9.95. The van der Waals surface area contributed by atoms with E-state index in [1.807, 2.05) is 18.2 Å². The second-order valence-corrected chi connectivity index (χ2v) is 3.90. The van der Waals surface area contributed by atoms with Gasteiger partial charge in [0.05, 0.1) is 0 Å². The average molecular weight is 197 g/mol. The predicted molar refractivity (Wildman–Crippen MR) is 65.8 cm³/mol. The Morgan fingerprint density at radius 3 is 1.93 bits per heavy atom. The highest BCUT2D eigenvalue weighted by atomic mass is 14.5. The first kappa shape index (κ1) is 9.78. The molecular weight excluding hydrogens is 182 g/mol. The number of anilines is 1. The average Bonchev–Trinajstić information content (AvgIpc) is 2.17. The fourth-order valence-electron chi connectivity index (χ4n) is 2.06. The van der Waals surface area contributed by atoms with Crippen molar-refractivity contribution in [2.45, 2.75) is 13.8 Å². The molecule has 0 amide bonds. The molecule has 2 rings (SSSR count). The number of nitrogens with two attached hydrogens (primary N) is 1. The maximum Gasteiger partial charge on any atom is 0.0319 e. The van der Waals surface area contributed by atoms with Crippen LogP contribution in [0.5, 0.6) is 0 Å². The van der Waals surface area contributed by atoms with Gasteiger partial charge in [0.1, 0.15) is 0 Å². The van der Waals surface area contributed by atoms with E-state index in [4.69, 9.17) is 5.73 Å². The van der Waals surface area contributed by atoms with Gasteiger partial charge < -0.3 is 5.73 Å². The van der Waals surface area contributed by atoms with E-state index in [9.17, 15) is 0 Å². The van der Waals surface area contributed by atoms with Gasteiger partial charge in [0.25, 0.3) is 0 Å². The highest BCUT2D eigenvalue weighted by molar-refractivity contribution is 5.73.